The second-order valence-corrected chi connectivity index (χ2v) is 11.5. The van der Waals surface area contributed by atoms with E-state index in [-0.39, 0.29) is 5.75 Å². The Kier molecular flexibility index (Phi) is 9.41. The van der Waals surface area contributed by atoms with Crippen LogP contribution in [-0.2, 0) is 0 Å². The molecule has 1 unspecified atom stereocenters. The van der Waals surface area contributed by atoms with Gasteiger partial charge in [-0.15, -0.1) is 13.2 Å². The molecule has 4 rings (SSSR count). The number of alkyl halides is 3. The van der Waals surface area contributed by atoms with Crippen LogP contribution in [0.3, 0.4) is 0 Å². The minimum absolute atomic E-state index is 0.186. The Labute approximate surface area is 215 Å². The van der Waals surface area contributed by atoms with Crippen LogP contribution in [-0.4, -0.2) is 6.36 Å². The average molecular weight is 501 g/mol. The van der Waals surface area contributed by atoms with Crippen molar-refractivity contribution in [3.63, 3.8) is 0 Å². The first-order valence-corrected chi connectivity index (χ1v) is 14.3. The van der Waals surface area contributed by atoms with E-state index in [4.69, 9.17) is 0 Å². The molecule has 0 amide bonds. The van der Waals surface area contributed by atoms with Gasteiger partial charge in [-0.2, -0.15) is 0 Å². The van der Waals surface area contributed by atoms with Crippen molar-refractivity contribution >= 4 is 0 Å². The Balaban J connectivity index is 1.22. The van der Waals surface area contributed by atoms with Crippen molar-refractivity contribution in [2.45, 2.75) is 103 Å². The topological polar surface area (TPSA) is 9.23 Å². The molecule has 2 fully saturated rings. The second kappa shape index (κ2) is 12.5. The van der Waals surface area contributed by atoms with Gasteiger partial charge in [-0.3, -0.25) is 0 Å². The highest BCUT2D eigenvalue weighted by atomic mass is 19.4. The van der Waals surface area contributed by atoms with Crippen molar-refractivity contribution in [3.8, 4) is 16.9 Å². The SMILES string of the molecule is CCCCC1CCC(C(C)CC2CCC(c3ccc(-c4ccc(OC(F)(F)F)cc4)cc3)CC2)CC1. The molecule has 4 heteroatoms. The summed E-state index contributed by atoms with van der Waals surface area (Å²) in [5, 5.41) is 0. The predicted molar refractivity (Wildman–Crippen MR) is 142 cm³/mol. The van der Waals surface area contributed by atoms with Crippen LogP contribution in [0.15, 0.2) is 48.5 Å². The fourth-order valence-electron chi connectivity index (χ4n) is 6.79. The molecule has 2 saturated carbocycles. The standard InChI is InChI=1S/C32H43F3O/c1-3-4-5-24-6-10-26(11-7-24)23(2)22-25-8-12-27(13-9-25)28-14-16-29(17-15-28)30-18-20-31(21-19-30)36-32(33,34)35/h14-21,23-27H,3-13,22H2,1-2H3. The van der Waals surface area contributed by atoms with Crippen LogP contribution in [0.25, 0.3) is 11.1 Å². The van der Waals surface area contributed by atoms with Gasteiger partial charge in [-0.1, -0.05) is 82.3 Å². The molecule has 0 spiro atoms. The third kappa shape index (κ3) is 7.76. The maximum Gasteiger partial charge on any atom is 0.573 e. The van der Waals surface area contributed by atoms with E-state index in [9.17, 15) is 13.2 Å². The van der Waals surface area contributed by atoms with E-state index in [0.29, 0.717) is 5.92 Å². The Morgan fingerprint density at radius 1 is 0.778 bits per heavy atom. The number of hydrogen-bond donors (Lipinski definition) is 0. The quantitative estimate of drug-likeness (QED) is 0.333. The summed E-state index contributed by atoms with van der Waals surface area (Å²) in [5.74, 6) is 4.13. The zero-order valence-corrected chi connectivity index (χ0v) is 22.0. The molecule has 2 aromatic rings. The zero-order chi connectivity index (χ0) is 25.5. The minimum atomic E-state index is -4.66. The molecule has 2 aromatic carbocycles. The summed E-state index contributed by atoms with van der Waals surface area (Å²) in [6, 6.07) is 14.7. The van der Waals surface area contributed by atoms with Crippen LogP contribution >= 0.6 is 0 Å². The number of rotatable bonds is 9. The monoisotopic (exact) mass is 500 g/mol. The maximum absolute atomic E-state index is 12.4. The molecular formula is C32H43F3O. The van der Waals surface area contributed by atoms with Crippen molar-refractivity contribution in [1.82, 2.24) is 0 Å². The van der Waals surface area contributed by atoms with Crippen molar-refractivity contribution < 1.29 is 17.9 Å². The van der Waals surface area contributed by atoms with Gasteiger partial charge in [0, 0.05) is 0 Å². The van der Waals surface area contributed by atoms with Crippen LogP contribution < -0.4 is 4.74 Å². The van der Waals surface area contributed by atoms with Crippen LogP contribution in [0, 0.1) is 23.7 Å². The summed E-state index contributed by atoms with van der Waals surface area (Å²) >= 11 is 0. The van der Waals surface area contributed by atoms with Crippen molar-refractivity contribution in [2.24, 2.45) is 23.7 Å². The highest BCUT2D eigenvalue weighted by Crippen LogP contribution is 2.42. The minimum Gasteiger partial charge on any atom is -0.406 e. The van der Waals surface area contributed by atoms with Crippen LogP contribution in [0.1, 0.15) is 102 Å². The molecule has 198 valence electrons. The normalized spacial score (nSPS) is 25.9. The number of benzene rings is 2. The number of halogens is 3. The van der Waals surface area contributed by atoms with E-state index >= 15 is 0 Å². The summed E-state index contributed by atoms with van der Waals surface area (Å²) in [5.41, 5.74) is 3.31. The van der Waals surface area contributed by atoms with Gasteiger partial charge in [-0.25, -0.2) is 0 Å². The molecule has 2 aliphatic rings. The summed E-state index contributed by atoms with van der Waals surface area (Å²) in [4.78, 5) is 0. The third-order valence-corrected chi connectivity index (χ3v) is 9.02. The smallest absolute Gasteiger partial charge is 0.406 e. The fraction of sp³-hybridized carbons (Fsp3) is 0.625. The molecule has 0 radical (unpaired) electrons. The lowest BCUT2D eigenvalue weighted by molar-refractivity contribution is -0.274. The summed E-state index contributed by atoms with van der Waals surface area (Å²) in [6.07, 6.45) is 12.0. The molecule has 0 aromatic heterocycles. The third-order valence-electron chi connectivity index (χ3n) is 9.02. The van der Waals surface area contributed by atoms with E-state index < -0.39 is 6.36 Å². The molecular weight excluding hydrogens is 457 g/mol. The zero-order valence-electron chi connectivity index (χ0n) is 22.0. The van der Waals surface area contributed by atoms with Gasteiger partial charge < -0.3 is 4.74 Å². The van der Waals surface area contributed by atoms with Crippen LogP contribution in [0.5, 0.6) is 5.75 Å². The molecule has 36 heavy (non-hydrogen) atoms. The fourth-order valence-corrected chi connectivity index (χ4v) is 6.79. The Morgan fingerprint density at radius 3 is 1.89 bits per heavy atom. The highest BCUT2D eigenvalue weighted by molar-refractivity contribution is 5.64. The summed E-state index contributed by atoms with van der Waals surface area (Å²) in [7, 11) is 0. The van der Waals surface area contributed by atoms with E-state index in [0.717, 1.165) is 34.8 Å². The number of hydrogen-bond acceptors (Lipinski definition) is 1. The average Bonchev–Trinajstić information content (AvgIpc) is 2.88. The van der Waals surface area contributed by atoms with E-state index in [1.807, 2.05) is 0 Å². The van der Waals surface area contributed by atoms with Crippen molar-refractivity contribution in [3.05, 3.63) is 54.1 Å². The van der Waals surface area contributed by atoms with E-state index in [1.54, 1.807) is 12.1 Å². The second-order valence-electron chi connectivity index (χ2n) is 11.5. The summed E-state index contributed by atoms with van der Waals surface area (Å²) in [6.45, 7) is 4.82. The lowest BCUT2D eigenvalue weighted by Gasteiger charge is -2.36. The first-order valence-electron chi connectivity index (χ1n) is 14.3. The molecule has 0 aliphatic heterocycles. The first-order chi connectivity index (χ1) is 17.3. The maximum atomic E-state index is 12.4. The number of ether oxygens (including phenoxy) is 1. The van der Waals surface area contributed by atoms with Gasteiger partial charge in [0.2, 0.25) is 0 Å². The Morgan fingerprint density at radius 2 is 1.33 bits per heavy atom. The Hall–Kier alpha value is -1.97. The molecule has 0 heterocycles. The van der Waals surface area contributed by atoms with Gasteiger partial charge in [-0.05, 0) is 103 Å². The molecule has 2 aliphatic carbocycles. The lowest BCUT2D eigenvalue weighted by atomic mass is 9.70. The molecule has 0 N–H and O–H groups in total. The Bertz CT molecular complexity index is 902. The van der Waals surface area contributed by atoms with Gasteiger partial charge in [0.05, 0.1) is 0 Å². The first kappa shape index (κ1) is 27.1. The van der Waals surface area contributed by atoms with Crippen molar-refractivity contribution in [2.75, 3.05) is 0 Å². The predicted octanol–water partition coefficient (Wildman–Crippen LogP) is 10.5. The molecule has 1 nitrogen and oxygen atoms in total. The largest absolute Gasteiger partial charge is 0.573 e. The van der Waals surface area contributed by atoms with Gasteiger partial charge >= 0.3 is 6.36 Å². The van der Waals surface area contributed by atoms with Crippen LogP contribution in [0.2, 0.25) is 0 Å². The van der Waals surface area contributed by atoms with E-state index in [1.165, 1.54) is 94.7 Å². The lowest BCUT2D eigenvalue weighted by Crippen LogP contribution is -2.23. The molecule has 0 saturated heterocycles. The summed E-state index contributed by atoms with van der Waals surface area (Å²) < 4.78 is 41.1. The molecule has 1 atom stereocenters. The molecule has 0 bridgehead atoms. The van der Waals surface area contributed by atoms with Gasteiger partial charge in [0.15, 0.2) is 0 Å². The van der Waals surface area contributed by atoms with E-state index in [2.05, 4.69) is 42.8 Å². The number of unbranched alkanes of at least 4 members (excludes halogenated alkanes) is 1. The van der Waals surface area contributed by atoms with Crippen molar-refractivity contribution in [1.29, 1.82) is 0 Å². The van der Waals surface area contributed by atoms with Gasteiger partial charge in [0.1, 0.15) is 5.75 Å². The highest BCUT2D eigenvalue weighted by Gasteiger charge is 2.31. The van der Waals surface area contributed by atoms with Gasteiger partial charge in [0.25, 0.3) is 0 Å². The van der Waals surface area contributed by atoms with Crippen LogP contribution in [0.4, 0.5) is 13.2 Å².